The van der Waals surface area contributed by atoms with Gasteiger partial charge in [0, 0.05) is 11.6 Å². The number of nitrogens with zero attached hydrogens (tertiary/aromatic N) is 3. The Bertz CT molecular complexity index is 1410. The van der Waals surface area contributed by atoms with Gasteiger partial charge in [0.25, 0.3) is 10.0 Å². The molecule has 3 aromatic carbocycles. The molecule has 0 saturated heterocycles. The number of sulfonamides is 1. The minimum absolute atomic E-state index is 0.0277. The molecule has 180 valence electrons. The highest BCUT2D eigenvalue weighted by Gasteiger charge is 2.30. The molecule has 1 amide bonds. The van der Waals surface area contributed by atoms with Crippen molar-refractivity contribution in [3.05, 3.63) is 78.9 Å². The minimum Gasteiger partial charge on any atom is -0.497 e. The third kappa shape index (κ3) is 5.42. The largest absolute Gasteiger partial charge is 0.497 e. The van der Waals surface area contributed by atoms with Gasteiger partial charge in [0.2, 0.25) is 11.0 Å². The Kier molecular flexibility index (Phi) is 7.28. The number of nitrogens with one attached hydrogen (secondary N) is 1. The Morgan fingerprint density at radius 1 is 0.943 bits per heavy atom. The molecule has 0 bridgehead atoms. The first-order chi connectivity index (χ1) is 16.9. The number of anilines is 2. The van der Waals surface area contributed by atoms with Crippen LogP contribution < -0.4 is 19.1 Å². The molecule has 35 heavy (non-hydrogen) atoms. The summed E-state index contributed by atoms with van der Waals surface area (Å²) >= 11 is 1.19. The van der Waals surface area contributed by atoms with E-state index in [4.69, 9.17) is 9.47 Å². The molecule has 0 atom stereocenters. The summed E-state index contributed by atoms with van der Waals surface area (Å²) in [4.78, 5) is 13.1. The predicted molar refractivity (Wildman–Crippen MR) is 134 cm³/mol. The molecule has 0 fully saturated rings. The van der Waals surface area contributed by atoms with Crippen molar-refractivity contribution in [3.8, 4) is 22.1 Å². The van der Waals surface area contributed by atoms with Gasteiger partial charge in [-0.3, -0.25) is 14.4 Å². The van der Waals surface area contributed by atoms with E-state index in [0.717, 1.165) is 9.87 Å². The van der Waals surface area contributed by atoms with Gasteiger partial charge in [-0.05, 0) is 24.3 Å². The number of rotatable bonds is 9. The Morgan fingerprint density at radius 2 is 1.63 bits per heavy atom. The van der Waals surface area contributed by atoms with Gasteiger partial charge in [-0.15, -0.1) is 10.2 Å². The number of ether oxygens (including phenoxy) is 2. The molecular formula is C24H22N4O5S2. The topological polar surface area (TPSA) is 111 Å². The van der Waals surface area contributed by atoms with Crippen molar-refractivity contribution in [2.75, 3.05) is 30.4 Å². The van der Waals surface area contributed by atoms with Gasteiger partial charge in [0.1, 0.15) is 23.1 Å². The summed E-state index contributed by atoms with van der Waals surface area (Å²) in [5.41, 5.74) is 1.02. The van der Waals surface area contributed by atoms with E-state index in [0.29, 0.717) is 10.8 Å². The number of amides is 1. The van der Waals surface area contributed by atoms with Gasteiger partial charge >= 0.3 is 0 Å². The summed E-state index contributed by atoms with van der Waals surface area (Å²) in [6, 6.07) is 22.0. The predicted octanol–water partition coefficient (Wildman–Crippen LogP) is 4.06. The number of hydrogen-bond donors (Lipinski definition) is 1. The molecule has 0 unspecified atom stereocenters. The lowest BCUT2D eigenvalue weighted by molar-refractivity contribution is -0.114. The molecule has 11 heteroatoms. The highest BCUT2D eigenvalue weighted by molar-refractivity contribution is 7.92. The fraction of sp³-hybridized carbons (Fsp3) is 0.125. The monoisotopic (exact) mass is 510 g/mol. The number of hydrogen-bond acceptors (Lipinski definition) is 8. The molecular weight excluding hydrogens is 488 g/mol. The number of benzene rings is 3. The van der Waals surface area contributed by atoms with Crippen LogP contribution in [0.5, 0.6) is 11.5 Å². The zero-order chi connectivity index (χ0) is 24.8. The fourth-order valence-electron chi connectivity index (χ4n) is 3.27. The molecule has 1 N–H and O–H groups in total. The number of aromatic nitrogens is 2. The molecule has 0 aliphatic rings. The van der Waals surface area contributed by atoms with Crippen LogP contribution in [-0.4, -0.2) is 45.3 Å². The average molecular weight is 511 g/mol. The second-order valence-electron chi connectivity index (χ2n) is 7.19. The van der Waals surface area contributed by atoms with Crippen molar-refractivity contribution in [1.82, 2.24) is 10.2 Å². The van der Waals surface area contributed by atoms with E-state index in [-0.39, 0.29) is 21.5 Å². The van der Waals surface area contributed by atoms with Gasteiger partial charge in [0.15, 0.2) is 0 Å². The van der Waals surface area contributed by atoms with E-state index in [2.05, 4.69) is 15.5 Å². The first kappa shape index (κ1) is 24.2. The molecule has 1 aromatic heterocycles. The third-order valence-electron chi connectivity index (χ3n) is 4.97. The molecule has 4 rings (SSSR count). The maximum absolute atomic E-state index is 13.6. The van der Waals surface area contributed by atoms with Crippen LogP contribution in [0.3, 0.4) is 0 Å². The molecule has 0 saturated carbocycles. The van der Waals surface area contributed by atoms with Crippen molar-refractivity contribution < 1.29 is 22.7 Å². The van der Waals surface area contributed by atoms with Crippen LogP contribution in [0.1, 0.15) is 0 Å². The Labute approximate surface area is 207 Å². The van der Waals surface area contributed by atoms with Gasteiger partial charge in [0.05, 0.1) is 24.8 Å². The quantitative estimate of drug-likeness (QED) is 0.362. The molecule has 0 spiro atoms. The minimum atomic E-state index is -4.13. The molecule has 1 heterocycles. The summed E-state index contributed by atoms with van der Waals surface area (Å²) in [5, 5.41) is 11.7. The van der Waals surface area contributed by atoms with E-state index in [1.807, 2.05) is 30.3 Å². The molecule has 4 aromatic rings. The van der Waals surface area contributed by atoms with E-state index >= 15 is 0 Å². The summed E-state index contributed by atoms with van der Waals surface area (Å²) in [6.45, 7) is -0.527. The van der Waals surface area contributed by atoms with Crippen molar-refractivity contribution in [3.63, 3.8) is 0 Å². The number of carbonyl (C=O) groups is 1. The summed E-state index contributed by atoms with van der Waals surface area (Å²) < 4.78 is 38.9. The van der Waals surface area contributed by atoms with Crippen LogP contribution in [0, 0.1) is 0 Å². The maximum atomic E-state index is 13.6. The lowest BCUT2D eigenvalue weighted by atomic mass is 10.2. The molecule has 9 nitrogen and oxygen atoms in total. The van der Waals surface area contributed by atoms with Crippen LogP contribution in [0.4, 0.5) is 10.8 Å². The normalized spacial score (nSPS) is 11.0. The van der Waals surface area contributed by atoms with Gasteiger partial charge in [-0.2, -0.15) is 0 Å². The van der Waals surface area contributed by atoms with Gasteiger partial charge in [-0.1, -0.05) is 59.9 Å². The summed E-state index contributed by atoms with van der Waals surface area (Å²) in [5.74, 6) is 0.0802. The second kappa shape index (κ2) is 10.5. The Morgan fingerprint density at radius 3 is 2.29 bits per heavy atom. The highest BCUT2D eigenvalue weighted by atomic mass is 32.2. The summed E-state index contributed by atoms with van der Waals surface area (Å²) in [6.07, 6.45) is 0. The SMILES string of the molecule is COc1ccc(OC)c(N(CC(=O)Nc2nnc(-c3ccccc3)s2)S(=O)(=O)c2ccccc2)c1. The van der Waals surface area contributed by atoms with Crippen molar-refractivity contribution in [2.24, 2.45) is 0 Å². The van der Waals surface area contributed by atoms with E-state index < -0.39 is 22.5 Å². The van der Waals surface area contributed by atoms with Crippen molar-refractivity contribution in [1.29, 1.82) is 0 Å². The van der Waals surface area contributed by atoms with Crippen LogP contribution >= 0.6 is 11.3 Å². The summed E-state index contributed by atoms with van der Waals surface area (Å²) in [7, 11) is -1.24. The fourth-order valence-corrected chi connectivity index (χ4v) is 5.48. The first-order valence-corrected chi connectivity index (χ1v) is 12.7. The average Bonchev–Trinajstić information content (AvgIpc) is 3.36. The third-order valence-corrected chi connectivity index (χ3v) is 7.63. The molecule has 0 aliphatic heterocycles. The Hall–Kier alpha value is -3.96. The molecule has 0 radical (unpaired) electrons. The van der Waals surface area contributed by atoms with Crippen molar-refractivity contribution >= 4 is 38.1 Å². The smallest absolute Gasteiger partial charge is 0.264 e. The van der Waals surface area contributed by atoms with Crippen LogP contribution in [0.25, 0.3) is 10.6 Å². The van der Waals surface area contributed by atoms with E-state index in [1.54, 1.807) is 30.3 Å². The van der Waals surface area contributed by atoms with Gasteiger partial charge < -0.3 is 9.47 Å². The lowest BCUT2D eigenvalue weighted by Crippen LogP contribution is -2.38. The number of carbonyl (C=O) groups excluding carboxylic acids is 1. The van der Waals surface area contributed by atoms with Gasteiger partial charge in [-0.25, -0.2) is 8.42 Å². The van der Waals surface area contributed by atoms with E-state index in [1.165, 1.54) is 43.8 Å². The highest BCUT2D eigenvalue weighted by Crippen LogP contribution is 2.35. The standard InChI is InChI=1S/C24H22N4O5S2/c1-32-18-13-14-21(33-2)20(15-18)28(35(30,31)19-11-7-4-8-12-19)16-22(29)25-24-27-26-23(34-24)17-9-5-3-6-10-17/h3-15H,16H2,1-2H3,(H,25,27,29). The Balaban J connectivity index is 1.66. The number of methoxy groups -OCH3 is 2. The second-order valence-corrected chi connectivity index (χ2v) is 10.0. The lowest BCUT2D eigenvalue weighted by Gasteiger charge is -2.25. The van der Waals surface area contributed by atoms with Crippen molar-refractivity contribution in [2.45, 2.75) is 4.90 Å². The van der Waals surface area contributed by atoms with Crippen LogP contribution in [-0.2, 0) is 14.8 Å². The van der Waals surface area contributed by atoms with Crippen LogP contribution in [0.15, 0.2) is 83.8 Å². The maximum Gasteiger partial charge on any atom is 0.264 e. The zero-order valence-corrected chi connectivity index (χ0v) is 20.5. The first-order valence-electron chi connectivity index (χ1n) is 10.4. The van der Waals surface area contributed by atoms with E-state index in [9.17, 15) is 13.2 Å². The van der Waals surface area contributed by atoms with Crippen LogP contribution in [0.2, 0.25) is 0 Å². The zero-order valence-electron chi connectivity index (χ0n) is 18.9. The molecule has 0 aliphatic carbocycles.